The van der Waals surface area contributed by atoms with E-state index in [0.29, 0.717) is 12.1 Å². The van der Waals surface area contributed by atoms with Crippen molar-refractivity contribution in [3.63, 3.8) is 0 Å². The molecule has 0 aliphatic carbocycles. The summed E-state index contributed by atoms with van der Waals surface area (Å²) < 4.78 is 0. The molecule has 0 saturated carbocycles. The third kappa shape index (κ3) is 3.17. The van der Waals surface area contributed by atoms with Crippen LogP contribution in [0.3, 0.4) is 0 Å². The SMILES string of the molecule is CC(C)C(C)(CN)NC(=O)c1ccc(=O)[nH]c1. The van der Waals surface area contributed by atoms with E-state index in [4.69, 9.17) is 5.73 Å². The minimum atomic E-state index is -0.451. The van der Waals surface area contributed by atoms with E-state index in [1.54, 1.807) is 0 Å². The lowest BCUT2D eigenvalue weighted by Crippen LogP contribution is -2.55. The highest BCUT2D eigenvalue weighted by atomic mass is 16.2. The number of nitrogens with two attached hydrogens (primary N) is 1. The number of pyridine rings is 1. The number of amides is 1. The zero-order valence-electron chi connectivity index (χ0n) is 10.4. The minimum absolute atomic E-state index is 0.221. The van der Waals surface area contributed by atoms with Crippen molar-refractivity contribution >= 4 is 5.91 Å². The van der Waals surface area contributed by atoms with Gasteiger partial charge in [-0.2, -0.15) is 0 Å². The molecule has 4 N–H and O–H groups in total. The Labute approximate surface area is 100 Å². The Morgan fingerprint density at radius 1 is 1.53 bits per heavy atom. The lowest BCUT2D eigenvalue weighted by Gasteiger charge is -2.33. The molecule has 1 aromatic rings. The maximum Gasteiger partial charge on any atom is 0.253 e. The lowest BCUT2D eigenvalue weighted by atomic mass is 9.88. The maximum absolute atomic E-state index is 11.9. The Balaban J connectivity index is 2.85. The summed E-state index contributed by atoms with van der Waals surface area (Å²) in [6.45, 7) is 6.26. The van der Waals surface area contributed by atoms with Crippen LogP contribution >= 0.6 is 0 Å². The second-order valence-electron chi connectivity index (χ2n) is 4.67. The molecule has 1 amide bonds. The molecule has 0 aromatic carbocycles. The van der Waals surface area contributed by atoms with E-state index in [9.17, 15) is 9.59 Å². The molecule has 5 heteroatoms. The topological polar surface area (TPSA) is 88.0 Å². The average Bonchev–Trinajstić information content (AvgIpc) is 2.29. The normalized spacial score (nSPS) is 14.4. The van der Waals surface area contributed by atoms with Gasteiger partial charge in [0.2, 0.25) is 5.56 Å². The molecule has 1 aromatic heterocycles. The Hall–Kier alpha value is -1.62. The summed E-state index contributed by atoms with van der Waals surface area (Å²) in [5.74, 6) is -0.0119. The van der Waals surface area contributed by atoms with Crippen molar-refractivity contribution in [3.8, 4) is 0 Å². The molecule has 5 nitrogen and oxygen atoms in total. The number of carbonyl (C=O) groups is 1. The average molecular weight is 237 g/mol. The van der Waals surface area contributed by atoms with Gasteiger partial charge in [-0.25, -0.2) is 0 Å². The highest BCUT2D eigenvalue weighted by Crippen LogP contribution is 2.15. The molecule has 0 bridgehead atoms. The van der Waals surface area contributed by atoms with E-state index >= 15 is 0 Å². The first kappa shape index (κ1) is 13.4. The Bertz CT molecular complexity index is 433. The molecule has 0 fully saturated rings. The Morgan fingerprint density at radius 2 is 2.18 bits per heavy atom. The van der Waals surface area contributed by atoms with Gasteiger partial charge in [0.05, 0.1) is 11.1 Å². The molecule has 0 radical (unpaired) electrons. The van der Waals surface area contributed by atoms with Gasteiger partial charge in [-0.05, 0) is 18.9 Å². The molecular weight excluding hydrogens is 218 g/mol. The van der Waals surface area contributed by atoms with Gasteiger partial charge in [0, 0.05) is 18.8 Å². The van der Waals surface area contributed by atoms with Crippen LogP contribution in [-0.2, 0) is 0 Å². The Kier molecular flexibility index (Phi) is 4.07. The van der Waals surface area contributed by atoms with Gasteiger partial charge < -0.3 is 16.0 Å². The summed E-state index contributed by atoms with van der Waals surface area (Å²) in [5, 5.41) is 2.89. The van der Waals surface area contributed by atoms with Crippen LogP contribution in [-0.4, -0.2) is 23.0 Å². The third-order valence-electron chi connectivity index (χ3n) is 3.14. The first-order valence-electron chi connectivity index (χ1n) is 5.60. The van der Waals surface area contributed by atoms with Crippen LogP contribution < -0.4 is 16.6 Å². The number of carbonyl (C=O) groups excluding carboxylic acids is 1. The zero-order valence-corrected chi connectivity index (χ0v) is 10.4. The number of aromatic nitrogens is 1. The summed E-state index contributed by atoms with van der Waals surface area (Å²) in [7, 11) is 0. The molecule has 1 atom stereocenters. The van der Waals surface area contributed by atoms with Crippen molar-refractivity contribution < 1.29 is 4.79 Å². The fraction of sp³-hybridized carbons (Fsp3) is 0.500. The zero-order chi connectivity index (χ0) is 13.1. The van der Waals surface area contributed by atoms with Gasteiger partial charge in [0.15, 0.2) is 0 Å². The van der Waals surface area contributed by atoms with Gasteiger partial charge in [-0.15, -0.1) is 0 Å². The van der Waals surface area contributed by atoms with Gasteiger partial charge in [-0.3, -0.25) is 9.59 Å². The second kappa shape index (κ2) is 5.14. The number of aromatic amines is 1. The van der Waals surface area contributed by atoms with E-state index in [2.05, 4.69) is 10.3 Å². The van der Waals surface area contributed by atoms with E-state index < -0.39 is 5.54 Å². The number of nitrogens with one attached hydrogen (secondary N) is 2. The van der Waals surface area contributed by atoms with Gasteiger partial charge in [0.25, 0.3) is 5.91 Å². The predicted molar refractivity (Wildman–Crippen MR) is 66.8 cm³/mol. The van der Waals surface area contributed by atoms with Crippen molar-refractivity contribution in [3.05, 3.63) is 34.2 Å². The lowest BCUT2D eigenvalue weighted by molar-refractivity contribution is 0.0883. The smallest absolute Gasteiger partial charge is 0.253 e. The van der Waals surface area contributed by atoms with Crippen molar-refractivity contribution in [1.29, 1.82) is 0 Å². The monoisotopic (exact) mass is 237 g/mol. The molecule has 94 valence electrons. The Morgan fingerprint density at radius 3 is 2.59 bits per heavy atom. The fourth-order valence-corrected chi connectivity index (χ4v) is 1.31. The largest absolute Gasteiger partial charge is 0.345 e. The molecular formula is C12H19N3O2. The highest BCUT2D eigenvalue weighted by molar-refractivity contribution is 5.94. The van der Waals surface area contributed by atoms with Gasteiger partial charge in [0.1, 0.15) is 0 Å². The number of H-pyrrole nitrogens is 1. The number of rotatable bonds is 4. The summed E-state index contributed by atoms with van der Waals surface area (Å²) in [5.41, 5.74) is 5.43. The van der Waals surface area contributed by atoms with Crippen molar-refractivity contribution in [2.24, 2.45) is 11.7 Å². The third-order valence-corrected chi connectivity index (χ3v) is 3.14. The van der Waals surface area contributed by atoms with Crippen LogP contribution in [0.4, 0.5) is 0 Å². The summed E-state index contributed by atoms with van der Waals surface area (Å²) in [4.78, 5) is 25.3. The first-order chi connectivity index (χ1) is 7.89. The minimum Gasteiger partial charge on any atom is -0.345 e. The molecule has 0 aliphatic rings. The maximum atomic E-state index is 11.9. The van der Waals surface area contributed by atoms with Crippen LogP contribution in [0.2, 0.25) is 0 Å². The van der Waals surface area contributed by atoms with Crippen LogP contribution in [0.5, 0.6) is 0 Å². The molecule has 1 heterocycles. The van der Waals surface area contributed by atoms with Gasteiger partial charge >= 0.3 is 0 Å². The van der Waals surface area contributed by atoms with Crippen molar-refractivity contribution in [2.75, 3.05) is 6.54 Å². The quantitative estimate of drug-likeness (QED) is 0.711. The summed E-state index contributed by atoms with van der Waals surface area (Å²) >= 11 is 0. The fourth-order valence-electron chi connectivity index (χ4n) is 1.31. The van der Waals surface area contributed by atoms with Gasteiger partial charge in [-0.1, -0.05) is 13.8 Å². The molecule has 17 heavy (non-hydrogen) atoms. The van der Waals surface area contributed by atoms with Crippen LogP contribution in [0.1, 0.15) is 31.1 Å². The van der Waals surface area contributed by atoms with E-state index in [-0.39, 0.29) is 17.4 Å². The standard InChI is InChI=1S/C12H19N3O2/c1-8(2)12(3,7-13)15-11(17)9-4-5-10(16)14-6-9/h4-6,8H,7,13H2,1-3H3,(H,14,16)(H,15,17). The van der Waals surface area contributed by atoms with E-state index in [1.165, 1.54) is 18.3 Å². The predicted octanol–water partition coefficient (Wildman–Crippen LogP) is 0.478. The highest BCUT2D eigenvalue weighted by Gasteiger charge is 2.28. The summed E-state index contributed by atoms with van der Waals surface area (Å²) in [6.07, 6.45) is 1.40. The first-order valence-corrected chi connectivity index (χ1v) is 5.60. The molecule has 1 unspecified atom stereocenters. The van der Waals surface area contributed by atoms with E-state index in [0.717, 1.165) is 0 Å². The van der Waals surface area contributed by atoms with Crippen LogP contribution in [0.25, 0.3) is 0 Å². The number of hydrogen-bond donors (Lipinski definition) is 3. The molecule has 1 rings (SSSR count). The number of hydrogen-bond acceptors (Lipinski definition) is 3. The van der Waals surface area contributed by atoms with E-state index in [1.807, 2.05) is 20.8 Å². The van der Waals surface area contributed by atoms with Crippen LogP contribution in [0, 0.1) is 5.92 Å². The van der Waals surface area contributed by atoms with Crippen molar-refractivity contribution in [2.45, 2.75) is 26.3 Å². The molecule has 0 spiro atoms. The van der Waals surface area contributed by atoms with Crippen LogP contribution in [0.15, 0.2) is 23.1 Å². The second-order valence-corrected chi connectivity index (χ2v) is 4.67. The molecule has 0 saturated heterocycles. The molecule has 0 aliphatic heterocycles. The van der Waals surface area contributed by atoms with Crippen molar-refractivity contribution in [1.82, 2.24) is 10.3 Å². The summed E-state index contributed by atoms with van der Waals surface area (Å²) in [6, 6.07) is 2.81.